The number of likely N-dealkylation sites (N-methyl/N-ethyl adjacent to an activating group) is 1. The van der Waals surface area contributed by atoms with Gasteiger partial charge in [0.15, 0.2) is 5.82 Å². The fourth-order valence-electron chi connectivity index (χ4n) is 2.11. The molecule has 6 heteroatoms. The zero-order chi connectivity index (χ0) is 13.7. The number of morpholine rings is 1. The van der Waals surface area contributed by atoms with E-state index in [1.807, 2.05) is 6.07 Å². The summed E-state index contributed by atoms with van der Waals surface area (Å²) in [6.07, 6.45) is 1.71. The third kappa shape index (κ3) is 3.34. The van der Waals surface area contributed by atoms with Gasteiger partial charge in [-0.05, 0) is 12.6 Å². The molecule has 3 N–H and O–H groups in total. The summed E-state index contributed by atoms with van der Waals surface area (Å²) in [5.74, 6) is 0.552. The second-order valence-electron chi connectivity index (χ2n) is 4.50. The molecule has 0 aliphatic carbocycles. The van der Waals surface area contributed by atoms with Gasteiger partial charge >= 0.3 is 0 Å². The van der Waals surface area contributed by atoms with Gasteiger partial charge in [-0.15, -0.1) is 0 Å². The van der Waals surface area contributed by atoms with Crippen molar-refractivity contribution >= 4 is 11.5 Å². The highest BCUT2D eigenvalue weighted by Gasteiger charge is 2.19. The number of anilines is 2. The molecule has 1 unspecified atom stereocenters. The Morgan fingerprint density at radius 1 is 1.68 bits per heavy atom. The zero-order valence-corrected chi connectivity index (χ0v) is 11.1. The summed E-state index contributed by atoms with van der Waals surface area (Å²) in [6.45, 7) is 6.46. The molecule has 1 aliphatic heterocycles. The van der Waals surface area contributed by atoms with E-state index in [2.05, 4.69) is 22.1 Å². The van der Waals surface area contributed by atoms with Crippen molar-refractivity contribution in [3.8, 4) is 6.07 Å². The maximum Gasteiger partial charge on any atom is 0.150 e. The number of nitrogens with one attached hydrogen (secondary N) is 1. The molecule has 0 radical (unpaired) electrons. The van der Waals surface area contributed by atoms with Crippen molar-refractivity contribution in [3.05, 3.63) is 17.8 Å². The third-order valence-corrected chi connectivity index (χ3v) is 3.28. The van der Waals surface area contributed by atoms with Gasteiger partial charge in [-0.3, -0.25) is 4.90 Å². The Morgan fingerprint density at radius 2 is 2.53 bits per heavy atom. The standard InChI is InChI=1S/C13H19N5O/c1-2-18-5-6-19-11(9-18)8-17-13-12(15)10(7-14)3-4-16-13/h3-4,11H,2,5-6,8-9,15H2,1H3,(H,16,17). The Labute approximate surface area is 113 Å². The first-order chi connectivity index (χ1) is 9.24. The SMILES string of the molecule is CCN1CCOC(CNc2nccc(C#N)c2N)C1. The zero-order valence-electron chi connectivity index (χ0n) is 11.1. The Bertz CT molecular complexity index is 471. The van der Waals surface area contributed by atoms with Gasteiger partial charge in [0.2, 0.25) is 0 Å². The number of nitrogens with zero attached hydrogens (tertiary/aromatic N) is 3. The van der Waals surface area contributed by atoms with Crippen molar-refractivity contribution < 1.29 is 4.74 Å². The van der Waals surface area contributed by atoms with E-state index in [9.17, 15) is 0 Å². The molecular formula is C13H19N5O. The van der Waals surface area contributed by atoms with E-state index in [0.29, 0.717) is 23.6 Å². The van der Waals surface area contributed by atoms with E-state index in [4.69, 9.17) is 15.7 Å². The second-order valence-corrected chi connectivity index (χ2v) is 4.50. The van der Waals surface area contributed by atoms with Crippen LogP contribution in [0.4, 0.5) is 11.5 Å². The Balaban J connectivity index is 1.94. The molecule has 1 saturated heterocycles. The van der Waals surface area contributed by atoms with Crippen LogP contribution in [0.3, 0.4) is 0 Å². The lowest BCUT2D eigenvalue weighted by Gasteiger charge is -2.32. The molecule has 1 aromatic heterocycles. The van der Waals surface area contributed by atoms with Gasteiger partial charge in [-0.2, -0.15) is 5.26 Å². The molecular weight excluding hydrogens is 242 g/mol. The summed E-state index contributed by atoms with van der Waals surface area (Å²) >= 11 is 0. The van der Waals surface area contributed by atoms with Gasteiger partial charge in [0.1, 0.15) is 6.07 Å². The summed E-state index contributed by atoms with van der Waals surface area (Å²) in [6, 6.07) is 3.65. The number of rotatable bonds is 4. The molecule has 2 heterocycles. The minimum Gasteiger partial charge on any atom is -0.395 e. The molecule has 19 heavy (non-hydrogen) atoms. The Kier molecular flexibility index (Phi) is 4.55. The summed E-state index contributed by atoms with van der Waals surface area (Å²) < 4.78 is 5.69. The van der Waals surface area contributed by atoms with Crippen molar-refractivity contribution in [1.29, 1.82) is 5.26 Å². The molecule has 1 fully saturated rings. The molecule has 102 valence electrons. The highest BCUT2D eigenvalue weighted by Crippen LogP contribution is 2.19. The van der Waals surface area contributed by atoms with Crippen molar-refractivity contribution in [2.45, 2.75) is 13.0 Å². The number of pyridine rings is 1. The largest absolute Gasteiger partial charge is 0.395 e. The minimum absolute atomic E-state index is 0.126. The number of nitrogen functional groups attached to an aromatic ring is 1. The van der Waals surface area contributed by atoms with Gasteiger partial charge < -0.3 is 15.8 Å². The van der Waals surface area contributed by atoms with Gasteiger partial charge in [-0.25, -0.2) is 4.98 Å². The van der Waals surface area contributed by atoms with Crippen LogP contribution >= 0.6 is 0 Å². The van der Waals surface area contributed by atoms with Crippen LogP contribution in [0.25, 0.3) is 0 Å². The van der Waals surface area contributed by atoms with Crippen LogP contribution in [0.2, 0.25) is 0 Å². The molecule has 0 amide bonds. The van der Waals surface area contributed by atoms with Crippen molar-refractivity contribution in [2.24, 2.45) is 0 Å². The first-order valence-electron chi connectivity index (χ1n) is 6.47. The number of aromatic nitrogens is 1. The molecule has 0 bridgehead atoms. The van der Waals surface area contributed by atoms with Crippen LogP contribution in [-0.4, -0.2) is 48.8 Å². The van der Waals surface area contributed by atoms with Crippen molar-refractivity contribution in [2.75, 3.05) is 43.8 Å². The third-order valence-electron chi connectivity index (χ3n) is 3.28. The van der Waals surface area contributed by atoms with Gasteiger partial charge in [-0.1, -0.05) is 6.92 Å². The molecule has 0 aromatic carbocycles. The Morgan fingerprint density at radius 3 is 3.26 bits per heavy atom. The molecule has 1 atom stereocenters. The lowest BCUT2D eigenvalue weighted by atomic mass is 10.2. The fraction of sp³-hybridized carbons (Fsp3) is 0.538. The van der Waals surface area contributed by atoms with Crippen molar-refractivity contribution in [1.82, 2.24) is 9.88 Å². The monoisotopic (exact) mass is 261 g/mol. The van der Waals surface area contributed by atoms with E-state index >= 15 is 0 Å². The average molecular weight is 261 g/mol. The van der Waals surface area contributed by atoms with Crippen LogP contribution < -0.4 is 11.1 Å². The molecule has 6 nitrogen and oxygen atoms in total. The number of hydrogen-bond acceptors (Lipinski definition) is 6. The van der Waals surface area contributed by atoms with Gasteiger partial charge in [0, 0.05) is 25.8 Å². The summed E-state index contributed by atoms with van der Waals surface area (Å²) in [7, 11) is 0. The van der Waals surface area contributed by atoms with Gasteiger partial charge in [0.05, 0.1) is 24.0 Å². The van der Waals surface area contributed by atoms with Crippen LogP contribution in [0.15, 0.2) is 12.3 Å². The van der Waals surface area contributed by atoms with E-state index in [-0.39, 0.29) is 6.10 Å². The minimum atomic E-state index is 0.126. The summed E-state index contributed by atoms with van der Waals surface area (Å²) in [5.41, 5.74) is 6.70. The highest BCUT2D eigenvalue weighted by molar-refractivity contribution is 5.68. The normalized spacial score (nSPS) is 19.9. The summed E-state index contributed by atoms with van der Waals surface area (Å²) in [4.78, 5) is 6.50. The number of nitrogens with two attached hydrogens (primary N) is 1. The molecule has 1 aromatic rings. The quantitative estimate of drug-likeness (QED) is 0.828. The van der Waals surface area contributed by atoms with Crippen LogP contribution in [0.5, 0.6) is 0 Å². The molecule has 1 aliphatic rings. The smallest absolute Gasteiger partial charge is 0.150 e. The Hall–Kier alpha value is -1.84. The highest BCUT2D eigenvalue weighted by atomic mass is 16.5. The van der Waals surface area contributed by atoms with Crippen molar-refractivity contribution in [3.63, 3.8) is 0 Å². The molecule has 2 rings (SSSR count). The first-order valence-corrected chi connectivity index (χ1v) is 6.47. The number of nitriles is 1. The van der Waals surface area contributed by atoms with E-state index in [0.717, 1.165) is 26.2 Å². The topological polar surface area (TPSA) is 87.2 Å². The number of hydrogen-bond donors (Lipinski definition) is 2. The van der Waals surface area contributed by atoms with E-state index in [1.165, 1.54) is 0 Å². The van der Waals surface area contributed by atoms with Crippen LogP contribution in [-0.2, 0) is 4.74 Å². The lowest BCUT2D eigenvalue weighted by Crippen LogP contribution is -2.45. The second kappa shape index (κ2) is 6.36. The van der Waals surface area contributed by atoms with Crippen LogP contribution in [0, 0.1) is 11.3 Å². The number of ether oxygens (including phenoxy) is 1. The maximum atomic E-state index is 8.91. The first kappa shape index (κ1) is 13.6. The fourth-order valence-corrected chi connectivity index (χ4v) is 2.11. The van der Waals surface area contributed by atoms with Crippen LogP contribution in [0.1, 0.15) is 12.5 Å². The van der Waals surface area contributed by atoms with E-state index < -0.39 is 0 Å². The predicted octanol–water partition coefficient (Wildman–Crippen LogP) is 0.668. The average Bonchev–Trinajstić information content (AvgIpc) is 2.46. The lowest BCUT2D eigenvalue weighted by molar-refractivity contribution is -0.0192. The summed E-state index contributed by atoms with van der Waals surface area (Å²) in [5, 5.41) is 12.1. The predicted molar refractivity (Wildman–Crippen MR) is 73.7 cm³/mol. The maximum absolute atomic E-state index is 8.91. The molecule has 0 spiro atoms. The molecule has 0 saturated carbocycles. The van der Waals surface area contributed by atoms with Gasteiger partial charge in [0.25, 0.3) is 0 Å². The van der Waals surface area contributed by atoms with E-state index in [1.54, 1.807) is 12.3 Å².